The molecule has 0 heterocycles. The highest BCUT2D eigenvalue weighted by molar-refractivity contribution is 6.02. The molecule has 7 nitrogen and oxygen atoms in total. The van der Waals surface area contributed by atoms with Crippen LogP contribution in [0.4, 0.5) is 5.69 Å². The molecule has 0 spiro atoms. The lowest BCUT2D eigenvalue weighted by molar-refractivity contribution is -0.385. The van der Waals surface area contributed by atoms with Crippen LogP contribution < -0.4 is 10.6 Å². The molecule has 7 heteroatoms. The monoisotopic (exact) mass is 279 g/mol. The molecule has 20 heavy (non-hydrogen) atoms. The molecule has 2 amide bonds. The normalized spacial score (nSPS) is 10.8. The summed E-state index contributed by atoms with van der Waals surface area (Å²) < 4.78 is 0. The SMILES string of the molecule is CNC(=O)c1ccc([N+](=O)[O-])c(C(=O)NC(C)(C)C)c1. The van der Waals surface area contributed by atoms with Gasteiger partial charge in [0.05, 0.1) is 4.92 Å². The summed E-state index contributed by atoms with van der Waals surface area (Å²) in [6.45, 7) is 5.29. The van der Waals surface area contributed by atoms with Crippen LogP contribution in [0.25, 0.3) is 0 Å². The highest BCUT2D eigenvalue weighted by Crippen LogP contribution is 2.21. The second-order valence-electron chi connectivity index (χ2n) is 5.27. The molecule has 0 saturated heterocycles. The van der Waals surface area contributed by atoms with Crippen molar-refractivity contribution >= 4 is 17.5 Å². The van der Waals surface area contributed by atoms with Crippen molar-refractivity contribution in [3.8, 4) is 0 Å². The molecule has 0 fully saturated rings. The third-order valence-corrected chi connectivity index (χ3v) is 2.42. The zero-order valence-corrected chi connectivity index (χ0v) is 11.8. The van der Waals surface area contributed by atoms with Gasteiger partial charge in [-0.3, -0.25) is 19.7 Å². The highest BCUT2D eigenvalue weighted by Gasteiger charge is 2.24. The maximum absolute atomic E-state index is 12.1. The van der Waals surface area contributed by atoms with Gasteiger partial charge in [0.25, 0.3) is 17.5 Å². The molecule has 0 aromatic heterocycles. The van der Waals surface area contributed by atoms with Crippen LogP contribution in [0.5, 0.6) is 0 Å². The van der Waals surface area contributed by atoms with Gasteiger partial charge in [-0.2, -0.15) is 0 Å². The second-order valence-corrected chi connectivity index (χ2v) is 5.27. The maximum Gasteiger partial charge on any atom is 0.282 e. The molecule has 0 atom stereocenters. The van der Waals surface area contributed by atoms with Gasteiger partial charge in [0.1, 0.15) is 5.56 Å². The minimum atomic E-state index is -0.648. The summed E-state index contributed by atoms with van der Waals surface area (Å²) in [6.07, 6.45) is 0. The van der Waals surface area contributed by atoms with Crippen LogP contribution in [0.2, 0.25) is 0 Å². The van der Waals surface area contributed by atoms with E-state index in [9.17, 15) is 19.7 Å². The number of benzene rings is 1. The smallest absolute Gasteiger partial charge is 0.282 e. The van der Waals surface area contributed by atoms with E-state index in [1.165, 1.54) is 19.2 Å². The first kappa shape index (κ1) is 15.6. The van der Waals surface area contributed by atoms with Crippen LogP contribution in [-0.2, 0) is 0 Å². The summed E-state index contributed by atoms with van der Waals surface area (Å²) in [5.41, 5.74) is -0.809. The van der Waals surface area contributed by atoms with Crippen molar-refractivity contribution in [2.24, 2.45) is 0 Å². The first-order chi connectivity index (χ1) is 9.15. The number of hydrogen-bond donors (Lipinski definition) is 2. The number of rotatable bonds is 3. The molecular weight excluding hydrogens is 262 g/mol. The van der Waals surface area contributed by atoms with Crippen molar-refractivity contribution < 1.29 is 14.5 Å². The average Bonchev–Trinajstić information content (AvgIpc) is 2.34. The summed E-state index contributed by atoms with van der Waals surface area (Å²) in [7, 11) is 1.44. The fourth-order valence-electron chi connectivity index (χ4n) is 1.57. The fraction of sp³-hybridized carbons (Fsp3) is 0.385. The number of nitrogens with one attached hydrogen (secondary N) is 2. The lowest BCUT2D eigenvalue weighted by Gasteiger charge is -2.20. The molecule has 108 valence electrons. The summed E-state index contributed by atoms with van der Waals surface area (Å²) in [4.78, 5) is 34.0. The largest absolute Gasteiger partial charge is 0.355 e. The Bertz CT molecular complexity index is 561. The molecule has 1 rings (SSSR count). The van der Waals surface area contributed by atoms with Gasteiger partial charge < -0.3 is 10.6 Å². The predicted molar refractivity (Wildman–Crippen MR) is 73.7 cm³/mol. The van der Waals surface area contributed by atoms with E-state index in [0.717, 1.165) is 6.07 Å². The average molecular weight is 279 g/mol. The molecular formula is C13H17N3O4. The maximum atomic E-state index is 12.1. The van der Waals surface area contributed by atoms with E-state index in [2.05, 4.69) is 10.6 Å². The third-order valence-electron chi connectivity index (χ3n) is 2.42. The molecule has 0 aliphatic rings. The van der Waals surface area contributed by atoms with Crippen LogP contribution in [0.3, 0.4) is 0 Å². The van der Waals surface area contributed by atoms with Crippen LogP contribution in [0, 0.1) is 10.1 Å². The Hall–Kier alpha value is -2.44. The third kappa shape index (κ3) is 3.78. The first-order valence-corrected chi connectivity index (χ1v) is 5.99. The molecule has 2 N–H and O–H groups in total. The number of hydrogen-bond acceptors (Lipinski definition) is 4. The van der Waals surface area contributed by atoms with E-state index in [0.29, 0.717) is 0 Å². The standard InChI is InChI=1S/C13H17N3O4/c1-13(2,3)15-12(18)9-7-8(11(17)14-4)5-6-10(9)16(19)20/h5-7H,1-4H3,(H,14,17)(H,15,18). The molecule has 1 aromatic rings. The van der Waals surface area contributed by atoms with Crippen LogP contribution in [0.1, 0.15) is 41.5 Å². The van der Waals surface area contributed by atoms with Gasteiger partial charge in [0.2, 0.25) is 0 Å². The Labute approximate surface area is 116 Å². The van der Waals surface area contributed by atoms with Crippen molar-refractivity contribution in [2.75, 3.05) is 7.05 Å². The van der Waals surface area contributed by atoms with Gasteiger partial charge in [-0.1, -0.05) is 0 Å². The van der Waals surface area contributed by atoms with Crippen molar-refractivity contribution in [3.05, 3.63) is 39.4 Å². The zero-order valence-electron chi connectivity index (χ0n) is 11.8. The Morgan fingerprint density at radius 1 is 1.20 bits per heavy atom. The summed E-state index contributed by atoms with van der Waals surface area (Å²) in [6, 6.07) is 3.69. The number of nitro groups is 1. The Kier molecular flexibility index (Phi) is 4.44. The second kappa shape index (κ2) is 5.68. The zero-order chi connectivity index (χ0) is 15.5. The molecule has 0 aliphatic carbocycles. The molecule has 0 bridgehead atoms. The Morgan fingerprint density at radius 2 is 1.80 bits per heavy atom. The van der Waals surface area contributed by atoms with E-state index < -0.39 is 22.3 Å². The topological polar surface area (TPSA) is 101 Å². The van der Waals surface area contributed by atoms with E-state index in [-0.39, 0.29) is 16.8 Å². The lowest BCUT2D eigenvalue weighted by atomic mass is 10.0. The highest BCUT2D eigenvalue weighted by atomic mass is 16.6. The molecule has 0 aliphatic heterocycles. The van der Waals surface area contributed by atoms with Gasteiger partial charge in [0, 0.05) is 24.2 Å². The summed E-state index contributed by atoms with van der Waals surface area (Å²) >= 11 is 0. The van der Waals surface area contributed by atoms with E-state index in [1.54, 1.807) is 20.8 Å². The fourth-order valence-corrected chi connectivity index (χ4v) is 1.57. The number of carbonyl (C=O) groups excluding carboxylic acids is 2. The minimum absolute atomic E-state index is 0.133. The van der Waals surface area contributed by atoms with Crippen LogP contribution in [0.15, 0.2) is 18.2 Å². The Balaban J connectivity index is 3.29. The number of nitro benzene ring substituents is 1. The Morgan fingerprint density at radius 3 is 2.25 bits per heavy atom. The van der Waals surface area contributed by atoms with Gasteiger partial charge in [0.15, 0.2) is 0 Å². The van der Waals surface area contributed by atoms with E-state index in [1.807, 2.05) is 0 Å². The molecule has 0 saturated carbocycles. The molecule has 0 radical (unpaired) electrons. The van der Waals surface area contributed by atoms with Crippen molar-refractivity contribution in [2.45, 2.75) is 26.3 Å². The first-order valence-electron chi connectivity index (χ1n) is 5.99. The van der Waals surface area contributed by atoms with E-state index >= 15 is 0 Å². The summed E-state index contributed by atoms with van der Waals surface area (Å²) in [5, 5.41) is 16.0. The van der Waals surface area contributed by atoms with E-state index in [4.69, 9.17) is 0 Å². The number of carbonyl (C=O) groups is 2. The predicted octanol–water partition coefficient (Wildman–Crippen LogP) is 1.48. The van der Waals surface area contributed by atoms with Crippen molar-refractivity contribution in [1.29, 1.82) is 0 Å². The van der Waals surface area contributed by atoms with Gasteiger partial charge >= 0.3 is 0 Å². The lowest BCUT2D eigenvalue weighted by Crippen LogP contribution is -2.40. The van der Waals surface area contributed by atoms with Gasteiger partial charge in [-0.05, 0) is 32.9 Å². The van der Waals surface area contributed by atoms with Crippen LogP contribution in [-0.4, -0.2) is 29.3 Å². The van der Waals surface area contributed by atoms with Crippen molar-refractivity contribution in [3.63, 3.8) is 0 Å². The minimum Gasteiger partial charge on any atom is -0.355 e. The molecule has 1 aromatic carbocycles. The van der Waals surface area contributed by atoms with Gasteiger partial charge in [-0.25, -0.2) is 0 Å². The van der Waals surface area contributed by atoms with Crippen LogP contribution >= 0.6 is 0 Å². The number of amides is 2. The van der Waals surface area contributed by atoms with Crippen molar-refractivity contribution in [1.82, 2.24) is 10.6 Å². The van der Waals surface area contributed by atoms with Gasteiger partial charge in [-0.15, -0.1) is 0 Å². The number of nitrogens with zero attached hydrogens (tertiary/aromatic N) is 1. The summed E-state index contributed by atoms with van der Waals surface area (Å²) in [5.74, 6) is -1.00. The molecule has 0 unspecified atom stereocenters. The quantitative estimate of drug-likeness (QED) is 0.646.